The predicted octanol–water partition coefficient (Wildman–Crippen LogP) is 0.146. The normalized spacial score (nSPS) is 12.6. The molecule has 0 radical (unpaired) electrons. The molecule has 0 bridgehead atoms. The maximum Gasteiger partial charge on any atom is 0.321 e. The van der Waals surface area contributed by atoms with E-state index in [0.29, 0.717) is 6.54 Å². The third-order valence-electron chi connectivity index (χ3n) is 2.38. The average molecular weight is 291 g/mol. The second-order valence-corrected chi connectivity index (χ2v) is 6.14. The van der Waals surface area contributed by atoms with E-state index in [1.165, 1.54) is 0 Å². The molecule has 0 aromatic carbocycles. The second-order valence-electron chi connectivity index (χ2n) is 4.51. The Bertz CT molecular complexity index is 347. The zero-order valence-electron chi connectivity index (χ0n) is 11.4. The zero-order valence-corrected chi connectivity index (χ0v) is 12.2. The number of rotatable bonds is 7. The lowest BCUT2D eigenvalue weighted by Crippen LogP contribution is -2.48. The first-order valence-electron chi connectivity index (χ1n) is 5.90. The molecule has 110 valence electrons. The Morgan fingerprint density at radius 1 is 1.37 bits per heavy atom. The van der Waals surface area contributed by atoms with Crippen molar-refractivity contribution in [3.8, 4) is 0 Å². The first-order chi connectivity index (χ1) is 8.70. The lowest BCUT2D eigenvalue weighted by atomic mass is 10.1. The van der Waals surface area contributed by atoms with Gasteiger partial charge in [-0.25, -0.2) is 4.79 Å². The monoisotopic (exact) mass is 291 g/mol. The number of nitrogens with one attached hydrogen (secondary N) is 2. The first kappa shape index (κ1) is 17.7. The predicted molar refractivity (Wildman–Crippen MR) is 74.0 cm³/mol. The standard InChI is InChI=1S/C11H21N3O4S/c1-4-5-13-10(18)14-7(15)6-19-11(2,3)8(12)9(16)17/h8H,4-6,12H2,1-3H3,(H,16,17)(H2,13,14,15,18)/t8-/m1/s1. The minimum atomic E-state index is -1.13. The van der Waals surface area contributed by atoms with Crippen LogP contribution in [-0.2, 0) is 9.59 Å². The van der Waals surface area contributed by atoms with E-state index in [9.17, 15) is 14.4 Å². The van der Waals surface area contributed by atoms with Gasteiger partial charge in [0, 0.05) is 11.3 Å². The Morgan fingerprint density at radius 2 is 1.95 bits per heavy atom. The van der Waals surface area contributed by atoms with Crippen molar-refractivity contribution in [2.45, 2.75) is 38.0 Å². The quantitative estimate of drug-likeness (QED) is 0.529. The Labute approximate surface area is 116 Å². The third-order valence-corrected chi connectivity index (χ3v) is 3.78. The van der Waals surface area contributed by atoms with E-state index in [1.807, 2.05) is 6.92 Å². The summed E-state index contributed by atoms with van der Waals surface area (Å²) in [5.41, 5.74) is 5.52. The molecule has 0 heterocycles. The number of amides is 3. The molecule has 0 unspecified atom stereocenters. The highest BCUT2D eigenvalue weighted by Crippen LogP contribution is 2.27. The molecule has 0 aliphatic rings. The Morgan fingerprint density at radius 3 is 2.42 bits per heavy atom. The Balaban J connectivity index is 4.15. The van der Waals surface area contributed by atoms with Crippen LogP contribution in [0, 0.1) is 0 Å². The molecule has 3 amide bonds. The number of urea groups is 1. The summed E-state index contributed by atoms with van der Waals surface area (Å²) in [5.74, 6) is -1.64. The molecule has 7 nitrogen and oxygen atoms in total. The van der Waals surface area contributed by atoms with Gasteiger partial charge in [-0.05, 0) is 20.3 Å². The van der Waals surface area contributed by atoms with Crippen LogP contribution in [0.2, 0.25) is 0 Å². The van der Waals surface area contributed by atoms with Crippen LogP contribution >= 0.6 is 11.8 Å². The summed E-state index contributed by atoms with van der Waals surface area (Å²) >= 11 is 1.09. The largest absolute Gasteiger partial charge is 0.480 e. The third kappa shape index (κ3) is 7.02. The fourth-order valence-corrected chi connectivity index (χ4v) is 1.94. The van der Waals surface area contributed by atoms with E-state index in [1.54, 1.807) is 13.8 Å². The summed E-state index contributed by atoms with van der Waals surface area (Å²) in [6.07, 6.45) is 0.775. The van der Waals surface area contributed by atoms with Gasteiger partial charge in [0.15, 0.2) is 0 Å². The van der Waals surface area contributed by atoms with Crippen LogP contribution in [0.1, 0.15) is 27.2 Å². The Kier molecular flexibility index (Phi) is 7.47. The second kappa shape index (κ2) is 8.00. The van der Waals surface area contributed by atoms with E-state index in [4.69, 9.17) is 10.8 Å². The van der Waals surface area contributed by atoms with Gasteiger partial charge in [0.1, 0.15) is 6.04 Å². The smallest absolute Gasteiger partial charge is 0.321 e. The van der Waals surface area contributed by atoms with Crippen molar-refractivity contribution in [1.29, 1.82) is 0 Å². The van der Waals surface area contributed by atoms with Gasteiger partial charge < -0.3 is 16.2 Å². The minimum Gasteiger partial charge on any atom is -0.480 e. The van der Waals surface area contributed by atoms with Crippen molar-refractivity contribution in [1.82, 2.24) is 10.6 Å². The number of carboxylic acids is 1. The number of carbonyl (C=O) groups is 3. The molecular formula is C11H21N3O4S. The molecule has 8 heteroatoms. The van der Waals surface area contributed by atoms with Gasteiger partial charge in [-0.2, -0.15) is 0 Å². The molecule has 0 saturated carbocycles. The van der Waals surface area contributed by atoms with E-state index in [2.05, 4.69) is 10.6 Å². The highest BCUT2D eigenvalue weighted by atomic mass is 32.2. The highest BCUT2D eigenvalue weighted by Gasteiger charge is 2.33. The number of hydrogen-bond acceptors (Lipinski definition) is 5. The number of hydrogen-bond donors (Lipinski definition) is 4. The molecule has 19 heavy (non-hydrogen) atoms. The lowest BCUT2D eigenvalue weighted by Gasteiger charge is -2.27. The van der Waals surface area contributed by atoms with Gasteiger partial charge in [-0.15, -0.1) is 11.8 Å². The van der Waals surface area contributed by atoms with Crippen molar-refractivity contribution in [3.63, 3.8) is 0 Å². The first-order valence-corrected chi connectivity index (χ1v) is 6.89. The molecule has 0 rings (SSSR count). The van der Waals surface area contributed by atoms with Crippen LogP contribution in [-0.4, -0.2) is 46.1 Å². The van der Waals surface area contributed by atoms with Gasteiger partial charge in [0.2, 0.25) is 5.91 Å². The number of thioether (sulfide) groups is 1. The van der Waals surface area contributed by atoms with Crippen molar-refractivity contribution < 1.29 is 19.5 Å². The van der Waals surface area contributed by atoms with Crippen LogP contribution in [0.25, 0.3) is 0 Å². The van der Waals surface area contributed by atoms with E-state index >= 15 is 0 Å². The minimum absolute atomic E-state index is 0.0342. The maximum atomic E-state index is 11.5. The Hall–Kier alpha value is -1.28. The van der Waals surface area contributed by atoms with Crippen molar-refractivity contribution in [2.24, 2.45) is 5.73 Å². The van der Waals surface area contributed by atoms with E-state index < -0.39 is 28.7 Å². The van der Waals surface area contributed by atoms with Crippen LogP contribution in [0.5, 0.6) is 0 Å². The van der Waals surface area contributed by atoms with Gasteiger partial charge >= 0.3 is 12.0 Å². The molecular weight excluding hydrogens is 270 g/mol. The summed E-state index contributed by atoms with van der Waals surface area (Å²) in [5, 5.41) is 13.5. The van der Waals surface area contributed by atoms with Crippen LogP contribution < -0.4 is 16.4 Å². The summed E-state index contributed by atoms with van der Waals surface area (Å²) < 4.78 is -0.803. The molecule has 0 aromatic heterocycles. The number of nitrogens with two attached hydrogens (primary N) is 1. The van der Waals surface area contributed by atoms with Gasteiger partial charge in [-0.3, -0.25) is 14.9 Å². The van der Waals surface area contributed by atoms with Crippen LogP contribution in [0.4, 0.5) is 4.79 Å². The highest BCUT2D eigenvalue weighted by molar-refractivity contribution is 8.01. The summed E-state index contributed by atoms with van der Waals surface area (Å²) in [4.78, 5) is 33.5. The molecule has 0 spiro atoms. The van der Waals surface area contributed by atoms with Crippen LogP contribution in [0.3, 0.4) is 0 Å². The molecule has 0 aliphatic heterocycles. The van der Waals surface area contributed by atoms with Gasteiger partial charge in [0.25, 0.3) is 0 Å². The van der Waals surface area contributed by atoms with Crippen molar-refractivity contribution in [2.75, 3.05) is 12.3 Å². The molecule has 5 N–H and O–H groups in total. The maximum absolute atomic E-state index is 11.5. The van der Waals surface area contributed by atoms with Crippen molar-refractivity contribution >= 4 is 29.7 Å². The van der Waals surface area contributed by atoms with E-state index in [-0.39, 0.29) is 5.75 Å². The van der Waals surface area contributed by atoms with Gasteiger partial charge in [-0.1, -0.05) is 6.92 Å². The molecule has 0 aromatic rings. The number of carboxylic acid groups (broad SMARTS) is 1. The topological polar surface area (TPSA) is 122 Å². The van der Waals surface area contributed by atoms with Crippen LogP contribution in [0.15, 0.2) is 0 Å². The summed E-state index contributed by atoms with van der Waals surface area (Å²) in [7, 11) is 0. The summed E-state index contributed by atoms with van der Waals surface area (Å²) in [6, 6.07) is -1.63. The number of imide groups is 1. The SMILES string of the molecule is CCCNC(=O)NC(=O)CSC(C)(C)[C@H](N)C(=O)O. The average Bonchev–Trinajstić information content (AvgIpc) is 2.32. The molecule has 1 atom stereocenters. The van der Waals surface area contributed by atoms with E-state index in [0.717, 1.165) is 18.2 Å². The van der Waals surface area contributed by atoms with Crippen molar-refractivity contribution in [3.05, 3.63) is 0 Å². The summed E-state index contributed by atoms with van der Waals surface area (Å²) in [6.45, 7) is 5.66. The zero-order chi connectivity index (χ0) is 15.1. The molecule has 0 aliphatic carbocycles. The number of aliphatic carboxylic acids is 1. The van der Waals surface area contributed by atoms with Gasteiger partial charge in [0.05, 0.1) is 5.75 Å². The lowest BCUT2D eigenvalue weighted by molar-refractivity contribution is -0.139. The fraction of sp³-hybridized carbons (Fsp3) is 0.727. The number of carbonyl (C=O) groups excluding carboxylic acids is 2. The molecule has 0 fully saturated rings. The molecule has 0 saturated heterocycles. The fourth-order valence-electron chi connectivity index (χ4n) is 1.08.